The van der Waals surface area contributed by atoms with Crippen molar-refractivity contribution in [2.24, 2.45) is 11.8 Å². The number of ether oxygens (including phenoxy) is 1. The Morgan fingerprint density at radius 3 is 1.88 bits per heavy atom. The van der Waals surface area contributed by atoms with Crippen LogP contribution in [0.4, 0.5) is 4.79 Å². The van der Waals surface area contributed by atoms with Gasteiger partial charge >= 0.3 is 6.09 Å². The molecule has 3 nitrogen and oxygen atoms in total. The van der Waals surface area contributed by atoms with Crippen molar-refractivity contribution in [3.63, 3.8) is 0 Å². The molecular formula is C21H43NO2. The fourth-order valence-electron chi connectivity index (χ4n) is 3.13. The monoisotopic (exact) mass is 341 g/mol. The van der Waals surface area contributed by atoms with E-state index >= 15 is 0 Å². The molecule has 0 fully saturated rings. The van der Waals surface area contributed by atoms with Gasteiger partial charge in [-0.2, -0.15) is 0 Å². The van der Waals surface area contributed by atoms with Gasteiger partial charge in [0.25, 0.3) is 0 Å². The van der Waals surface area contributed by atoms with Crippen LogP contribution in [-0.4, -0.2) is 31.2 Å². The van der Waals surface area contributed by atoms with E-state index in [1.54, 1.807) is 4.90 Å². The number of amides is 1. The van der Waals surface area contributed by atoms with E-state index in [0.717, 1.165) is 6.54 Å². The third-order valence-corrected chi connectivity index (χ3v) is 4.58. The van der Waals surface area contributed by atoms with Gasteiger partial charge in [0.2, 0.25) is 0 Å². The lowest BCUT2D eigenvalue weighted by Crippen LogP contribution is -2.32. The predicted octanol–water partition coefficient (Wildman–Crippen LogP) is 6.66. The molecule has 0 aromatic carbocycles. The summed E-state index contributed by atoms with van der Waals surface area (Å²) in [5.74, 6) is 1.02. The molecule has 0 N–H and O–H groups in total. The van der Waals surface area contributed by atoms with Crippen LogP contribution in [0.1, 0.15) is 98.3 Å². The quantitative estimate of drug-likeness (QED) is 0.312. The molecule has 0 aromatic heterocycles. The van der Waals surface area contributed by atoms with E-state index in [1.807, 2.05) is 7.05 Å². The number of unbranched alkanes of at least 4 members (excludes halogenated alkanes) is 7. The fraction of sp³-hybridized carbons (Fsp3) is 0.952. The first kappa shape index (κ1) is 23.3. The average molecular weight is 342 g/mol. The van der Waals surface area contributed by atoms with Crippen LogP contribution in [0.3, 0.4) is 0 Å². The minimum atomic E-state index is -0.159. The highest BCUT2D eigenvalue weighted by Gasteiger charge is 2.15. The first-order valence-corrected chi connectivity index (χ1v) is 10.4. The molecule has 0 aliphatic rings. The Morgan fingerprint density at radius 2 is 1.38 bits per heavy atom. The van der Waals surface area contributed by atoms with E-state index in [4.69, 9.17) is 4.74 Å². The van der Waals surface area contributed by atoms with Crippen LogP contribution in [0, 0.1) is 11.8 Å². The fourth-order valence-corrected chi connectivity index (χ4v) is 3.13. The first-order chi connectivity index (χ1) is 11.5. The second-order valence-electron chi connectivity index (χ2n) is 7.77. The zero-order chi connectivity index (χ0) is 18.2. The SMILES string of the molecule is CCCCCCCC(CCCCCC)COC(=O)N(C)CC(C)C. The summed E-state index contributed by atoms with van der Waals surface area (Å²) < 4.78 is 5.59. The Kier molecular flexibility index (Phi) is 15.3. The number of hydrogen-bond donors (Lipinski definition) is 0. The van der Waals surface area contributed by atoms with E-state index in [0.29, 0.717) is 18.4 Å². The maximum Gasteiger partial charge on any atom is 0.409 e. The molecule has 1 unspecified atom stereocenters. The highest BCUT2D eigenvalue weighted by Crippen LogP contribution is 2.19. The van der Waals surface area contributed by atoms with Crippen molar-refractivity contribution < 1.29 is 9.53 Å². The zero-order valence-corrected chi connectivity index (χ0v) is 17.1. The second-order valence-corrected chi connectivity index (χ2v) is 7.77. The topological polar surface area (TPSA) is 29.5 Å². The van der Waals surface area contributed by atoms with Gasteiger partial charge in [0, 0.05) is 13.6 Å². The zero-order valence-electron chi connectivity index (χ0n) is 17.1. The largest absolute Gasteiger partial charge is 0.449 e. The Hall–Kier alpha value is -0.730. The number of hydrogen-bond acceptors (Lipinski definition) is 2. The molecule has 0 saturated carbocycles. The molecule has 1 atom stereocenters. The predicted molar refractivity (Wildman–Crippen MR) is 104 cm³/mol. The van der Waals surface area contributed by atoms with Gasteiger partial charge in [-0.3, -0.25) is 0 Å². The second kappa shape index (κ2) is 15.8. The van der Waals surface area contributed by atoms with E-state index in [9.17, 15) is 4.79 Å². The van der Waals surface area contributed by atoms with Gasteiger partial charge in [-0.15, -0.1) is 0 Å². The highest BCUT2D eigenvalue weighted by atomic mass is 16.6. The molecule has 144 valence electrons. The van der Waals surface area contributed by atoms with Gasteiger partial charge in [0.05, 0.1) is 6.61 Å². The van der Waals surface area contributed by atoms with E-state index in [1.165, 1.54) is 70.6 Å². The summed E-state index contributed by atoms with van der Waals surface area (Å²) in [7, 11) is 1.84. The summed E-state index contributed by atoms with van der Waals surface area (Å²) in [5.41, 5.74) is 0. The standard InChI is InChI=1S/C21H43NO2/c1-6-8-10-12-14-16-20(15-13-11-9-7-2)18-24-21(23)22(5)17-19(3)4/h19-20H,6-18H2,1-5H3. The van der Waals surface area contributed by atoms with Gasteiger partial charge in [-0.25, -0.2) is 4.79 Å². The lowest BCUT2D eigenvalue weighted by atomic mass is 9.95. The molecule has 0 aliphatic heterocycles. The molecule has 0 bridgehead atoms. The van der Waals surface area contributed by atoms with Crippen molar-refractivity contribution >= 4 is 6.09 Å². The normalized spacial score (nSPS) is 12.4. The van der Waals surface area contributed by atoms with Crippen molar-refractivity contribution in [2.45, 2.75) is 98.3 Å². The summed E-state index contributed by atoms with van der Waals surface area (Å²) in [6, 6.07) is 0. The first-order valence-electron chi connectivity index (χ1n) is 10.4. The smallest absolute Gasteiger partial charge is 0.409 e. The Morgan fingerprint density at radius 1 is 0.875 bits per heavy atom. The molecule has 3 heteroatoms. The molecule has 0 saturated heterocycles. The van der Waals surface area contributed by atoms with Crippen LogP contribution in [0.5, 0.6) is 0 Å². The lowest BCUT2D eigenvalue weighted by Gasteiger charge is -2.22. The highest BCUT2D eigenvalue weighted by molar-refractivity contribution is 5.67. The summed E-state index contributed by atoms with van der Waals surface area (Å²) in [6.45, 7) is 10.1. The summed E-state index contributed by atoms with van der Waals surface area (Å²) in [5, 5.41) is 0. The summed E-state index contributed by atoms with van der Waals surface area (Å²) >= 11 is 0. The van der Waals surface area contributed by atoms with E-state index < -0.39 is 0 Å². The Balaban J connectivity index is 4.13. The van der Waals surface area contributed by atoms with Gasteiger partial charge in [0.15, 0.2) is 0 Å². The third kappa shape index (κ3) is 13.7. The minimum absolute atomic E-state index is 0.159. The van der Waals surface area contributed by atoms with Crippen molar-refractivity contribution in [3.05, 3.63) is 0 Å². The molecule has 24 heavy (non-hydrogen) atoms. The van der Waals surface area contributed by atoms with Crippen molar-refractivity contribution in [1.82, 2.24) is 4.90 Å². The average Bonchev–Trinajstić information content (AvgIpc) is 2.54. The maximum atomic E-state index is 12.1. The molecule has 0 aliphatic carbocycles. The van der Waals surface area contributed by atoms with E-state index in [2.05, 4.69) is 27.7 Å². The van der Waals surface area contributed by atoms with Gasteiger partial charge in [-0.1, -0.05) is 85.5 Å². The summed E-state index contributed by atoms with van der Waals surface area (Å²) in [6.07, 6.45) is 14.0. The van der Waals surface area contributed by atoms with Gasteiger partial charge in [-0.05, 0) is 24.7 Å². The van der Waals surface area contributed by atoms with Gasteiger partial charge < -0.3 is 9.64 Å². The number of nitrogens with zero attached hydrogens (tertiary/aromatic N) is 1. The lowest BCUT2D eigenvalue weighted by molar-refractivity contribution is 0.0874. The van der Waals surface area contributed by atoms with Crippen LogP contribution in [-0.2, 0) is 4.74 Å². The number of carbonyl (C=O) groups is 1. The molecule has 0 aromatic rings. The summed E-state index contributed by atoms with van der Waals surface area (Å²) in [4.78, 5) is 13.8. The van der Waals surface area contributed by atoms with Crippen molar-refractivity contribution in [3.8, 4) is 0 Å². The number of rotatable bonds is 15. The number of carbonyl (C=O) groups excluding carboxylic acids is 1. The van der Waals surface area contributed by atoms with Crippen LogP contribution >= 0.6 is 0 Å². The molecule has 0 rings (SSSR count). The van der Waals surface area contributed by atoms with E-state index in [-0.39, 0.29) is 6.09 Å². The molecule has 0 spiro atoms. The van der Waals surface area contributed by atoms with Crippen LogP contribution in [0.25, 0.3) is 0 Å². The Labute approximate surface area is 151 Å². The molecule has 0 heterocycles. The van der Waals surface area contributed by atoms with Gasteiger partial charge in [0.1, 0.15) is 0 Å². The molecular weight excluding hydrogens is 298 g/mol. The Bertz CT molecular complexity index is 292. The molecule has 0 radical (unpaired) electrons. The molecule has 1 amide bonds. The van der Waals surface area contributed by atoms with Crippen molar-refractivity contribution in [1.29, 1.82) is 0 Å². The minimum Gasteiger partial charge on any atom is -0.449 e. The third-order valence-electron chi connectivity index (χ3n) is 4.58. The van der Waals surface area contributed by atoms with Crippen LogP contribution in [0.2, 0.25) is 0 Å². The van der Waals surface area contributed by atoms with Crippen LogP contribution < -0.4 is 0 Å². The maximum absolute atomic E-state index is 12.1. The van der Waals surface area contributed by atoms with Crippen LogP contribution in [0.15, 0.2) is 0 Å². The van der Waals surface area contributed by atoms with Crippen molar-refractivity contribution in [2.75, 3.05) is 20.2 Å².